The molecule has 2 heteroatoms. The van der Waals surface area contributed by atoms with Crippen LogP contribution in [0.2, 0.25) is 0 Å². The SMILES string of the molecule is CN=NC(C)(C)C. The van der Waals surface area contributed by atoms with Crippen LogP contribution in [-0.4, -0.2) is 12.6 Å². The van der Waals surface area contributed by atoms with Gasteiger partial charge in [-0.15, -0.1) is 0 Å². The van der Waals surface area contributed by atoms with Crippen LogP contribution in [0, 0.1) is 0 Å². The van der Waals surface area contributed by atoms with Crippen molar-refractivity contribution in [1.29, 1.82) is 0 Å². The molecular weight excluding hydrogens is 88.1 g/mol. The molecule has 42 valence electrons. The molecule has 0 aliphatic rings. The third-order valence-electron chi connectivity index (χ3n) is 0.400. The van der Waals surface area contributed by atoms with Gasteiger partial charge in [-0.25, -0.2) is 0 Å². The van der Waals surface area contributed by atoms with Crippen LogP contribution in [0.15, 0.2) is 10.2 Å². The normalized spacial score (nSPS) is 13.1. The van der Waals surface area contributed by atoms with Crippen molar-refractivity contribution >= 4 is 0 Å². The Balaban J connectivity index is 3.56. The molecule has 0 fully saturated rings. The van der Waals surface area contributed by atoms with Gasteiger partial charge in [0.15, 0.2) is 0 Å². The average molecular weight is 100 g/mol. The van der Waals surface area contributed by atoms with Gasteiger partial charge in [-0.3, -0.25) is 0 Å². The average Bonchev–Trinajstić information content (AvgIpc) is 1.30. The van der Waals surface area contributed by atoms with Gasteiger partial charge in [0.05, 0.1) is 5.54 Å². The highest BCUT2D eigenvalue weighted by molar-refractivity contribution is 4.65. The van der Waals surface area contributed by atoms with Crippen LogP contribution in [-0.2, 0) is 0 Å². The van der Waals surface area contributed by atoms with Gasteiger partial charge >= 0.3 is 0 Å². The molecule has 0 aromatic heterocycles. The lowest BCUT2D eigenvalue weighted by Crippen LogP contribution is -2.07. The van der Waals surface area contributed by atoms with Gasteiger partial charge in [-0.2, -0.15) is 10.2 Å². The van der Waals surface area contributed by atoms with Gasteiger partial charge in [0.25, 0.3) is 0 Å². The lowest BCUT2D eigenvalue weighted by atomic mass is 10.1. The van der Waals surface area contributed by atoms with Crippen molar-refractivity contribution in [1.82, 2.24) is 0 Å². The Morgan fingerprint density at radius 1 is 1.14 bits per heavy atom. The van der Waals surface area contributed by atoms with E-state index in [1.165, 1.54) is 0 Å². The van der Waals surface area contributed by atoms with Gasteiger partial charge < -0.3 is 0 Å². The van der Waals surface area contributed by atoms with E-state index in [4.69, 9.17) is 0 Å². The third kappa shape index (κ3) is 5.60. The van der Waals surface area contributed by atoms with E-state index in [1.54, 1.807) is 7.05 Å². The minimum Gasteiger partial charge on any atom is -0.197 e. The first kappa shape index (κ1) is 6.60. The van der Waals surface area contributed by atoms with E-state index in [9.17, 15) is 0 Å². The van der Waals surface area contributed by atoms with Crippen LogP contribution in [0.4, 0.5) is 0 Å². The van der Waals surface area contributed by atoms with Crippen LogP contribution < -0.4 is 0 Å². The third-order valence-corrected chi connectivity index (χ3v) is 0.400. The van der Waals surface area contributed by atoms with Crippen molar-refractivity contribution in [3.05, 3.63) is 0 Å². The fourth-order valence-electron chi connectivity index (χ4n) is 0.300. The molecule has 0 radical (unpaired) electrons. The zero-order valence-electron chi connectivity index (χ0n) is 5.39. The van der Waals surface area contributed by atoms with Crippen molar-refractivity contribution < 1.29 is 0 Å². The second-order valence-corrected chi connectivity index (χ2v) is 2.47. The van der Waals surface area contributed by atoms with Gasteiger partial charge in [0.1, 0.15) is 0 Å². The van der Waals surface area contributed by atoms with E-state index in [1.807, 2.05) is 20.8 Å². The van der Waals surface area contributed by atoms with Crippen LogP contribution >= 0.6 is 0 Å². The second kappa shape index (κ2) is 2.05. The van der Waals surface area contributed by atoms with E-state index in [0.29, 0.717) is 0 Å². The molecule has 0 aliphatic carbocycles. The van der Waals surface area contributed by atoms with Crippen molar-refractivity contribution in [3.8, 4) is 0 Å². The lowest BCUT2D eigenvalue weighted by Gasteiger charge is -2.06. The first-order valence-corrected chi connectivity index (χ1v) is 2.37. The summed E-state index contributed by atoms with van der Waals surface area (Å²) in [5.41, 5.74) is 0.00868. The van der Waals surface area contributed by atoms with Crippen molar-refractivity contribution in [3.63, 3.8) is 0 Å². The molecule has 2 nitrogen and oxygen atoms in total. The smallest absolute Gasteiger partial charge is 0.0731 e. The van der Waals surface area contributed by atoms with Gasteiger partial charge in [-0.1, -0.05) is 0 Å². The number of hydrogen-bond acceptors (Lipinski definition) is 2. The first-order chi connectivity index (χ1) is 3.06. The minimum absolute atomic E-state index is 0.00868. The quantitative estimate of drug-likeness (QED) is 0.415. The Morgan fingerprint density at radius 2 is 1.57 bits per heavy atom. The number of rotatable bonds is 0. The highest BCUT2D eigenvalue weighted by Crippen LogP contribution is 2.04. The molecule has 0 rings (SSSR count). The topological polar surface area (TPSA) is 24.7 Å². The molecule has 0 bridgehead atoms. The zero-order valence-corrected chi connectivity index (χ0v) is 5.39. The molecule has 0 atom stereocenters. The summed E-state index contributed by atoms with van der Waals surface area (Å²) in [5.74, 6) is 0. The standard InChI is InChI=1S/C5H12N2/c1-5(2,3)7-6-4/h1-4H3. The van der Waals surface area contributed by atoms with Crippen LogP contribution in [0.25, 0.3) is 0 Å². The van der Waals surface area contributed by atoms with E-state index < -0.39 is 0 Å². The molecule has 0 spiro atoms. The molecule has 0 aromatic carbocycles. The van der Waals surface area contributed by atoms with E-state index in [-0.39, 0.29) is 5.54 Å². The molecule has 0 saturated carbocycles. The highest BCUT2D eigenvalue weighted by Gasteiger charge is 2.04. The fraction of sp³-hybridized carbons (Fsp3) is 1.00. The summed E-state index contributed by atoms with van der Waals surface area (Å²) in [6.07, 6.45) is 0. The molecule has 0 unspecified atom stereocenters. The second-order valence-electron chi connectivity index (χ2n) is 2.47. The molecule has 7 heavy (non-hydrogen) atoms. The maximum Gasteiger partial charge on any atom is 0.0731 e. The Morgan fingerprint density at radius 3 is 1.57 bits per heavy atom. The van der Waals surface area contributed by atoms with E-state index in [0.717, 1.165) is 0 Å². The van der Waals surface area contributed by atoms with Crippen molar-refractivity contribution in [2.24, 2.45) is 10.2 Å². The summed E-state index contributed by atoms with van der Waals surface area (Å²) in [6, 6.07) is 0. The Kier molecular flexibility index (Phi) is 1.93. The monoisotopic (exact) mass is 100 g/mol. The van der Waals surface area contributed by atoms with Crippen molar-refractivity contribution in [2.45, 2.75) is 26.3 Å². The Hall–Kier alpha value is -0.400. The largest absolute Gasteiger partial charge is 0.197 e. The van der Waals surface area contributed by atoms with E-state index in [2.05, 4.69) is 10.2 Å². The predicted octanol–water partition coefficient (Wildman–Crippen LogP) is 1.87. The van der Waals surface area contributed by atoms with E-state index >= 15 is 0 Å². The summed E-state index contributed by atoms with van der Waals surface area (Å²) in [5, 5.41) is 7.51. The Bertz CT molecular complexity index is 68.6. The summed E-state index contributed by atoms with van der Waals surface area (Å²) < 4.78 is 0. The predicted molar refractivity (Wildman–Crippen MR) is 30.5 cm³/mol. The van der Waals surface area contributed by atoms with Gasteiger partial charge in [0.2, 0.25) is 0 Å². The summed E-state index contributed by atoms with van der Waals surface area (Å²) >= 11 is 0. The summed E-state index contributed by atoms with van der Waals surface area (Å²) in [4.78, 5) is 0. The minimum atomic E-state index is 0.00868. The summed E-state index contributed by atoms with van der Waals surface area (Å²) in [6.45, 7) is 6.04. The zero-order chi connectivity index (χ0) is 5.91. The molecule has 0 aliphatic heterocycles. The molecule has 0 N–H and O–H groups in total. The molecule has 0 aromatic rings. The molecule has 0 amide bonds. The van der Waals surface area contributed by atoms with Crippen molar-refractivity contribution in [2.75, 3.05) is 7.05 Å². The maximum absolute atomic E-state index is 3.88. The number of azo groups is 1. The van der Waals surface area contributed by atoms with Gasteiger partial charge in [-0.05, 0) is 20.8 Å². The van der Waals surface area contributed by atoms with Crippen LogP contribution in [0.3, 0.4) is 0 Å². The van der Waals surface area contributed by atoms with Crippen LogP contribution in [0.5, 0.6) is 0 Å². The van der Waals surface area contributed by atoms with Gasteiger partial charge in [0, 0.05) is 7.05 Å². The highest BCUT2D eigenvalue weighted by atomic mass is 15.1. The van der Waals surface area contributed by atoms with Crippen LogP contribution in [0.1, 0.15) is 20.8 Å². The Labute approximate surface area is 44.6 Å². The lowest BCUT2D eigenvalue weighted by molar-refractivity contribution is 0.547. The summed E-state index contributed by atoms with van der Waals surface area (Å²) in [7, 11) is 1.69. The maximum atomic E-state index is 3.88. The molecule has 0 saturated heterocycles. The number of nitrogens with zero attached hydrogens (tertiary/aromatic N) is 2. The first-order valence-electron chi connectivity index (χ1n) is 2.37. The number of hydrogen-bond donors (Lipinski definition) is 0. The molecular formula is C5H12N2. The molecule has 0 heterocycles. The fourth-order valence-corrected chi connectivity index (χ4v) is 0.300.